The summed E-state index contributed by atoms with van der Waals surface area (Å²) < 4.78 is 1.51. The second-order valence-electron chi connectivity index (χ2n) is 3.46. The minimum absolute atomic E-state index is 0.215. The molecule has 0 saturated heterocycles. The minimum atomic E-state index is 0.215. The van der Waals surface area contributed by atoms with Gasteiger partial charge in [-0.15, -0.1) is 0 Å². The van der Waals surface area contributed by atoms with E-state index < -0.39 is 0 Å². The Bertz CT molecular complexity index is 419. The summed E-state index contributed by atoms with van der Waals surface area (Å²) in [5.41, 5.74) is 2.59. The fraction of sp³-hybridized carbons (Fsp3) is 0.167. The van der Waals surface area contributed by atoms with Gasteiger partial charge in [0.25, 0.3) is 0 Å². The van der Waals surface area contributed by atoms with Crippen LogP contribution in [-0.4, -0.2) is 1.43 Å². The van der Waals surface area contributed by atoms with Crippen LogP contribution in [0.5, 0.6) is 0 Å². The van der Waals surface area contributed by atoms with E-state index in [-0.39, 0.29) is 1.43 Å². The Morgan fingerprint density at radius 1 is 1.13 bits per heavy atom. The van der Waals surface area contributed by atoms with E-state index in [1.54, 1.807) is 0 Å². The molecular weight excluding hydrogens is 478 g/mol. The van der Waals surface area contributed by atoms with Crippen molar-refractivity contribution >= 4 is 66.7 Å². The third-order valence-corrected chi connectivity index (χ3v) is 4.45. The Morgan fingerprint density at radius 3 is 2.40 bits per heavy atom. The van der Waals surface area contributed by atoms with Crippen molar-refractivity contribution in [3.8, 4) is 0 Å². The summed E-state index contributed by atoms with van der Waals surface area (Å²) in [4.78, 5) is 0. The van der Waals surface area contributed by atoms with Crippen molar-refractivity contribution in [1.29, 1.82) is 0 Å². The Kier molecular flexibility index (Phi) is 3.93. The zero-order chi connectivity index (χ0) is 10.9. The van der Waals surface area contributed by atoms with E-state index in [1.807, 2.05) is 6.07 Å². The zero-order valence-corrected chi connectivity index (χ0v) is 13.8. The van der Waals surface area contributed by atoms with Crippen molar-refractivity contribution in [2.75, 3.05) is 0 Å². The number of rotatable bonds is 1. The van der Waals surface area contributed by atoms with Gasteiger partial charge in [-0.2, -0.15) is 0 Å². The summed E-state index contributed by atoms with van der Waals surface area (Å²) in [6, 6.07) is 10.5. The molecule has 1 aliphatic carbocycles. The second kappa shape index (κ2) is 4.87. The molecular formula is C12H9BrI2. The monoisotopic (exact) mass is 486 g/mol. The maximum absolute atomic E-state index is 3.69. The van der Waals surface area contributed by atoms with Crippen LogP contribution in [0.1, 0.15) is 12.0 Å². The number of hydrogen-bond acceptors (Lipinski definition) is 0. The maximum atomic E-state index is 3.69. The smallest absolute Gasteiger partial charge is 0.0622 e. The highest BCUT2D eigenvalue weighted by atomic mass is 127. The predicted octanol–water partition coefficient (Wildman–Crippen LogP) is 5.32. The topological polar surface area (TPSA) is 0 Å². The lowest BCUT2D eigenvalue weighted by molar-refractivity contribution is 1.06. The van der Waals surface area contributed by atoms with Crippen LogP contribution in [0.3, 0.4) is 0 Å². The van der Waals surface area contributed by atoms with Crippen LogP contribution >= 0.6 is 61.1 Å². The quantitative estimate of drug-likeness (QED) is 0.372. The molecule has 0 nitrogen and oxygen atoms in total. The van der Waals surface area contributed by atoms with Gasteiger partial charge < -0.3 is 0 Å². The third kappa shape index (κ3) is 3.06. The first-order valence-electron chi connectivity index (χ1n) is 4.60. The van der Waals surface area contributed by atoms with E-state index in [0.29, 0.717) is 0 Å². The third-order valence-electron chi connectivity index (χ3n) is 2.26. The number of benzene rings is 1. The normalized spacial score (nSPS) is 19.4. The average Bonchev–Trinajstić information content (AvgIpc) is 2.17. The fourth-order valence-electron chi connectivity index (χ4n) is 1.53. The standard InChI is InChI=1S/C12H9BrI2/c13-11-8-12(14,15)7-6-10(11)9-4-2-1-3-5-9/h1-7H,8H2. The molecule has 0 aromatic heterocycles. The lowest BCUT2D eigenvalue weighted by Crippen LogP contribution is -2.10. The Hall–Kier alpha value is 0.640. The van der Waals surface area contributed by atoms with Crippen LogP contribution in [0.2, 0.25) is 0 Å². The molecule has 0 fully saturated rings. The summed E-state index contributed by atoms with van der Waals surface area (Å²) in [6.07, 6.45) is 5.53. The van der Waals surface area contributed by atoms with Gasteiger partial charge in [0, 0.05) is 10.9 Å². The molecule has 78 valence electrons. The number of halogens is 3. The molecule has 0 aliphatic heterocycles. The molecule has 1 aromatic rings. The van der Waals surface area contributed by atoms with Gasteiger partial charge in [-0.1, -0.05) is 104 Å². The van der Waals surface area contributed by atoms with Crippen LogP contribution in [0.4, 0.5) is 0 Å². The van der Waals surface area contributed by atoms with Crippen LogP contribution < -0.4 is 0 Å². The molecule has 0 radical (unpaired) electrons. The summed E-state index contributed by atoms with van der Waals surface area (Å²) in [5.74, 6) is 0. The van der Waals surface area contributed by atoms with Gasteiger partial charge in [0.2, 0.25) is 0 Å². The highest BCUT2D eigenvalue weighted by Crippen LogP contribution is 2.44. The lowest BCUT2D eigenvalue weighted by atomic mass is 10.00. The molecule has 0 N–H and O–H groups in total. The molecule has 0 atom stereocenters. The first kappa shape index (κ1) is 12.1. The van der Waals surface area contributed by atoms with E-state index >= 15 is 0 Å². The molecule has 0 unspecified atom stereocenters. The molecule has 3 heteroatoms. The van der Waals surface area contributed by atoms with Crippen molar-refractivity contribution < 1.29 is 0 Å². The van der Waals surface area contributed by atoms with Crippen LogP contribution in [0.15, 0.2) is 47.0 Å². The van der Waals surface area contributed by atoms with Crippen molar-refractivity contribution in [2.45, 2.75) is 7.85 Å². The minimum Gasteiger partial charge on any atom is -0.0622 e. The SMILES string of the molecule is BrC1=C(c2ccccc2)C=CC(I)(I)C1. The summed E-state index contributed by atoms with van der Waals surface area (Å²) >= 11 is 8.63. The Morgan fingerprint density at radius 2 is 1.80 bits per heavy atom. The van der Waals surface area contributed by atoms with E-state index in [0.717, 1.165) is 6.42 Å². The van der Waals surface area contributed by atoms with Crippen molar-refractivity contribution in [3.63, 3.8) is 0 Å². The van der Waals surface area contributed by atoms with Crippen molar-refractivity contribution in [2.24, 2.45) is 0 Å². The average molecular weight is 487 g/mol. The van der Waals surface area contributed by atoms with Gasteiger partial charge in [-0.3, -0.25) is 0 Å². The molecule has 0 spiro atoms. The zero-order valence-electron chi connectivity index (χ0n) is 7.88. The summed E-state index contributed by atoms with van der Waals surface area (Å²) in [5, 5.41) is 0. The molecule has 1 aromatic carbocycles. The summed E-state index contributed by atoms with van der Waals surface area (Å²) in [7, 11) is 0. The maximum Gasteiger partial charge on any atom is 0.0961 e. The van der Waals surface area contributed by atoms with E-state index in [4.69, 9.17) is 0 Å². The van der Waals surface area contributed by atoms with Gasteiger partial charge in [-0.25, -0.2) is 0 Å². The second-order valence-corrected chi connectivity index (χ2v) is 10.3. The van der Waals surface area contributed by atoms with Gasteiger partial charge in [0.15, 0.2) is 0 Å². The fourth-order valence-corrected chi connectivity index (χ4v) is 4.50. The van der Waals surface area contributed by atoms with Gasteiger partial charge in [0.1, 0.15) is 0 Å². The largest absolute Gasteiger partial charge is 0.0961 e. The first-order chi connectivity index (χ1) is 7.08. The molecule has 0 heterocycles. The van der Waals surface area contributed by atoms with Crippen LogP contribution in [-0.2, 0) is 0 Å². The van der Waals surface area contributed by atoms with E-state index in [9.17, 15) is 0 Å². The van der Waals surface area contributed by atoms with Gasteiger partial charge in [0.05, 0.1) is 1.43 Å². The van der Waals surface area contributed by atoms with Crippen molar-refractivity contribution in [3.05, 3.63) is 52.5 Å². The highest BCUT2D eigenvalue weighted by molar-refractivity contribution is 14.2. The van der Waals surface area contributed by atoms with E-state index in [1.165, 1.54) is 15.6 Å². The number of allylic oxidation sites excluding steroid dienone is 4. The molecule has 15 heavy (non-hydrogen) atoms. The Labute approximate surface area is 126 Å². The van der Waals surface area contributed by atoms with Gasteiger partial charge >= 0.3 is 0 Å². The summed E-state index contributed by atoms with van der Waals surface area (Å²) in [6.45, 7) is 0. The molecule has 2 rings (SSSR count). The number of alkyl halides is 2. The lowest BCUT2D eigenvalue weighted by Gasteiger charge is -2.22. The van der Waals surface area contributed by atoms with Crippen molar-refractivity contribution in [1.82, 2.24) is 0 Å². The molecule has 0 bridgehead atoms. The van der Waals surface area contributed by atoms with Gasteiger partial charge in [-0.05, 0) is 11.1 Å². The number of hydrogen-bond donors (Lipinski definition) is 0. The predicted molar refractivity (Wildman–Crippen MR) is 86.8 cm³/mol. The molecule has 1 aliphatic rings. The van der Waals surface area contributed by atoms with Crippen LogP contribution in [0, 0.1) is 0 Å². The first-order valence-corrected chi connectivity index (χ1v) is 7.55. The highest BCUT2D eigenvalue weighted by Gasteiger charge is 2.25. The molecule has 0 saturated carbocycles. The van der Waals surface area contributed by atoms with E-state index in [2.05, 4.69) is 97.5 Å². The molecule has 0 amide bonds. The Balaban J connectivity index is 2.37. The van der Waals surface area contributed by atoms with Crippen LogP contribution in [0.25, 0.3) is 5.57 Å².